The number of sulfonamides is 1. The molecule has 0 radical (unpaired) electrons. The van der Waals surface area contributed by atoms with Crippen molar-refractivity contribution in [1.29, 1.82) is 5.26 Å². The lowest BCUT2D eigenvalue weighted by Crippen LogP contribution is -2.28. The number of anilines is 1. The van der Waals surface area contributed by atoms with Gasteiger partial charge in [0.15, 0.2) is 5.75 Å². The van der Waals surface area contributed by atoms with Crippen LogP contribution in [0.4, 0.5) is 11.4 Å². The molecule has 1 heterocycles. The molecule has 1 saturated heterocycles. The predicted octanol–water partition coefficient (Wildman–Crippen LogP) is 2.63. The molecule has 31 heavy (non-hydrogen) atoms. The van der Waals surface area contributed by atoms with E-state index >= 15 is 0 Å². The maximum Gasteiger partial charge on any atom is 0.312 e. The summed E-state index contributed by atoms with van der Waals surface area (Å²) >= 11 is 0. The van der Waals surface area contributed by atoms with Gasteiger partial charge in [-0.25, -0.2) is 8.42 Å². The third-order valence-corrected chi connectivity index (χ3v) is 6.05. The number of hydrogen-bond donors (Lipinski definition) is 2. The number of nitrogens with zero attached hydrogens (tertiary/aromatic N) is 3. The van der Waals surface area contributed by atoms with Crippen LogP contribution in [0.5, 0.6) is 5.75 Å². The highest BCUT2D eigenvalue weighted by Gasteiger charge is 2.22. The van der Waals surface area contributed by atoms with Crippen LogP contribution < -0.4 is 4.72 Å². The van der Waals surface area contributed by atoms with E-state index in [2.05, 4.69) is 4.72 Å². The highest BCUT2D eigenvalue weighted by atomic mass is 32.2. The molecule has 1 fully saturated rings. The third kappa shape index (κ3) is 4.99. The Hall–Kier alpha value is -3.91. The predicted molar refractivity (Wildman–Crippen MR) is 111 cm³/mol. The topological polar surface area (TPSA) is 154 Å². The van der Waals surface area contributed by atoms with E-state index < -0.39 is 26.4 Å². The van der Waals surface area contributed by atoms with Crippen molar-refractivity contribution in [1.82, 2.24) is 4.90 Å². The SMILES string of the molecule is N#C/C(=C\c1ccc(NS(=O)(=O)c2ccc(O)c([N+](=O)[O-])c2)cc1)C(=O)N1CCCC1. The number of nitro groups is 1. The van der Waals surface area contributed by atoms with Gasteiger partial charge >= 0.3 is 5.69 Å². The number of likely N-dealkylation sites (tertiary alicyclic amines) is 1. The van der Waals surface area contributed by atoms with Gasteiger partial charge in [-0.3, -0.25) is 19.6 Å². The molecule has 160 valence electrons. The second kappa shape index (κ2) is 8.85. The molecule has 0 atom stereocenters. The highest BCUT2D eigenvalue weighted by molar-refractivity contribution is 7.92. The first-order valence-electron chi connectivity index (χ1n) is 9.22. The number of carbonyl (C=O) groups excluding carboxylic acids is 1. The Bertz CT molecular complexity index is 1190. The van der Waals surface area contributed by atoms with Gasteiger partial charge in [0, 0.05) is 24.8 Å². The van der Waals surface area contributed by atoms with Gasteiger partial charge in [-0.15, -0.1) is 0 Å². The monoisotopic (exact) mass is 442 g/mol. The van der Waals surface area contributed by atoms with Crippen LogP contribution in [-0.4, -0.2) is 42.3 Å². The van der Waals surface area contributed by atoms with E-state index in [-0.39, 0.29) is 22.1 Å². The number of nitriles is 1. The van der Waals surface area contributed by atoms with Crippen molar-refractivity contribution in [2.45, 2.75) is 17.7 Å². The highest BCUT2D eigenvalue weighted by Crippen LogP contribution is 2.29. The van der Waals surface area contributed by atoms with Crippen molar-refractivity contribution >= 4 is 33.4 Å². The summed E-state index contributed by atoms with van der Waals surface area (Å²) < 4.78 is 27.3. The third-order valence-electron chi connectivity index (χ3n) is 4.67. The van der Waals surface area contributed by atoms with Crippen LogP contribution >= 0.6 is 0 Å². The molecule has 3 rings (SSSR count). The lowest BCUT2D eigenvalue weighted by Gasteiger charge is -2.14. The van der Waals surface area contributed by atoms with E-state index in [1.807, 2.05) is 6.07 Å². The zero-order valence-electron chi connectivity index (χ0n) is 16.2. The van der Waals surface area contributed by atoms with Crippen molar-refractivity contribution in [3.05, 3.63) is 63.7 Å². The smallest absolute Gasteiger partial charge is 0.312 e. The Morgan fingerprint density at radius 1 is 1.19 bits per heavy atom. The van der Waals surface area contributed by atoms with Crippen molar-refractivity contribution in [2.24, 2.45) is 0 Å². The molecule has 0 aliphatic carbocycles. The largest absolute Gasteiger partial charge is 0.502 e. The average molecular weight is 442 g/mol. The van der Waals surface area contributed by atoms with Gasteiger partial charge in [0.25, 0.3) is 15.9 Å². The summed E-state index contributed by atoms with van der Waals surface area (Å²) in [5.74, 6) is -0.976. The average Bonchev–Trinajstić information content (AvgIpc) is 3.27. The van der Waals surface area contributed by atoms with E-state index in [9.17, 15) is 33.7 Å². The zero-order valence-corrected chi connectivity index (χ0v) is 17.0. The summed E-state index contributed by atoms with van der Waals surface area (Å²) in [5, 5.41) is 29.7. The van der Waals surface area contributed by atoms with Crippen LogP contribution in [0, 0.1) is 21.4 Å². The van der Waals surface area contributed by atoms with E-state index in [1.165, 1.54) is 30.3 Å². The van der Waals surface area contributed by atoms with Crippen LogP contribution in [0.1, 0.15) is 18.4 Å². The van der Waals surface area contributed by atoms with Gasteiger partial charge in [-0.2, -0.15) is 5.26 Å². The van der Waals surface area contributed by atoms with Crippen LogP contribution in [-0.2, 0) is 14.8 Å². The van der Waals surface area contributed by atoms with E-state index in [1.54, 1.807) is 4.90 Å². The molecule has 0 aromatic heterocycles. The quantitative estimate of drug-likeness (QED) is 0.302. The van der Waals surface area contributed by atoms with Crippen molar-refractivity contribution < 1.29 is 23.2 Å². The number of aromatic hydroxyl groups is 1. The number of phenols is 1. The van der Waals surface area contributed by atoms with Crippen LogP contribution in [0.3, 0.4) is 0 Å². The zero-order chi connectivity index (χ0) is 22.6. The Morgan fingerprint density at radius 2 is 1.84 bits per heavy atom. The Morgan fingerprint density at radius 3 is 2.42 bits per heavy atom. The molecular formula is C20H18N4O6S. The van der Waals surface area contributed by atoms with E-state index in [0.717, 1.165) is 31.0 Å². The Labute approximate surface area is 178 Å². The van der Waals surface area contributed by atoms with Gasteiger partial charge in [0.2, 0.25) is 0 Å². The van der Waals surface area contributed by atoms with Gasteiger partial charge in [0.05, 0.1) is 9.82 Å². The lowest BCUT2D eigenvalue weighted by molar-refractivity contribution is -0.386. The van der Waals surface area contributed by atoms with Crippen LogP contribution in [0.25, 0.3) is 6.08 Å². The first-order chi connectivity index (χ1) is 14.7. The van der Waals surface area contributed by atoms with Gasteiger partial charge in [-0.05, 0) is 48.7 Å². The van der Waals surface area contributed by atoms with Gasteiger partial charge in [0.1, 0.15) is 11.6 Å². The number of carbonyl (C=O) groups is 1. The molecule has 2 N–H and O–H groups in total. The molecule has 2 aromatic carbocycles. The van der Waals surface area contributed by atoms with Gasteiger partial charge in [-0.1, -0.05) is 12.1 Å². The second-order valence-corrected chi connectivity index (χ2v) is 8.49. The normalized spacial score (nSPS) is 14.2. The van der Waals surface area contributed by atoms with Crippen LogP contribution in [0.2, 0.25) is 0 Å². The fourth-order valence-electron chi connectivity index (χ4n) is 3.08. The molecule has 1 amide bonds. The number of rotatable bonds is 6. The molecule has 11 heteroatoms. The number of phenolic OH excluding ortho intramolecular Hbond substituents is 1. The van der Waals surface area contributed by atoms with Crippen molar-refractivity contribution in [3.8, 4) is 11.8 Å². The number of nitrogens with one attached hydrogen (secondary N) is 1. The minimum Gasteiger partial charge on any atom is -0.502 e. The maximum absolute atomic E-state index is 12.5. The molecular weight excluding hydrogens is 424 g/mol. The van der Waals surface area contributed by atoms with Crippen molar-refractivity contribution in [3.63, 3.8) is 0 Å². The summed E-state index contributed by atoms with van der Waals surface area (Å²) in [7, 11) is -4.15. The molecule has 10 nitrogen and oxygen atoms in total. The number of amides is 1. The molecule has 1 aliphatic rings. The Balaban J connectivity index is 1.78. The fraction of sp³-hybridized carbons (Fsp3) is 0.200. The van der Waals surface area contributed by atoms with Crippen molar-refractivity contribution in [2.75, 3.05) is 17.8 Å². The number of hydrogen-bond acceptors (Lipinski definition) is 7. The second-order valence-electron chi connectivity index (χ2n) is 6.80. The first-order valence-corrected chi connectivity index (χ1v) is 10.7. The molecule has 0 unspecified atom stereocenters. The van der Waals surface area contributed by atoms with Gasteiger partial charge < -0.3 is 10.0 Å². The standard InChI is InChI=1S/C20H18N4O6S/c21-13-15(20(26)23-9-1-2-10-23)11-14-3-5-16(6-4-14)22-31(29,30)17-7-8-19(25)18(12-17)24(27)28/h3-8,11-12,22,25H,1-2,9-10H2/b15-11+. The molecule has 0 spiro atoms. The summed E-state index contributed by atoms with van der Waals surface area (Å²) in [6, 6.07) is 10.6. The molecule has 1 aliphatic heterocycles. The Kier molecular flexibility index (Phi) is 6.22. The first kappa shape index (κ1) is 21.8. The summed E-state index contributed by atoms with van der Waals surface area (Å²) in [6.45, 7) is 1.24. The minimum atomic E-state index is -4.15. The number of nitro benzene ring substituents is 1. The molecule has 0 saturated carbocycles. The molecule has 2 aromatic rings. The summed E-state index contributed by atoms with van der Waals surface area (Å²) in [6.07, 6.45) is 3.25. The lowest BCUT2D eigenvalue weighted by atomic mass is 10.1. The van der Waals surface area contributed by atoms with E-state index in [0.29, 0.717) is 18.7 Å². The fourth-order valence-corrected chi connectivity index (χ4v) is 4.16. The summed E-state index contributed by atoms with van der Waals surface area (Å²) in [5.41, 5.74) is -0.0220. The number of benzene rings is 2. The minimum absolute atomic E-state index is 0.00775. The summed E-state index contributed by atoms with van der Waals surface area (Å²) in [4.78, 5) is 23.6. The van der Waals surface area contributed by atoms with Crippen LogP contribution in [0.15, 0.2) is 52.9 Å². The maximum atomic E-state index is 12.5. The molecule has 0 bridgehead atoms. The van der Waals surface area contributed by atoms with E-state index in [4.69, 9.17) is 0 Å².